The van der Waals surface area contributed by atoms with Gasteiger partial charge in [0.2, 0.25) is 0 Å². The van der Waals surface area contributed by atoms with Crippen LogP contribution < -0.4 is 0 Å². The first-order chi connectivity index (χ1) is 11.7. The fourth-order valence-electron chi connectivity index (χ4n) is 3.32. The molecule has 0 bridgehead atoms. The summed E-state index contributed by atoms with van der Waals surface area (Å²) in [5.74, 6) is 0.252. The molecule has 1 aliphatic rings. The Morgan fingerprint density at radius 1 is 1.04 bits per heavy atom. The van der Waals surface area contributed by atoms with Gasteiger partial charge >= 0.3 is 0 Å². The van der Waals surface area contributed by atoms with Gasteiger partial charge in [0.25, 0.3) is 5.91 Å². The molecule has 0 aliphatic carbocycles. The van der Waals surface area contributed by atoms with Crippen LogP contribution in [0, 0.1) is 0 Å². The highest BCUT2D eigenvalue weighted by Crippen LogP contribution is 2.33. The van der Waals surface area contributed by atoms with Crippen molar-refractivity contribution in [2.75, 3.05) is 13.1 Å². The molecule has 0 atom stereocenters. The van der Waals surface area contributed by atoms with Gasteiger partial charge in [0, 0.05) is 13.1 Å². The fourth-order valence-corrected chi connectivity index (χ4v) is 3.32. The molecule has 1 amide bonds. The summed E-state index contributed by atoms with van der Waals surface area (Å²) >= 11 is 0. The van der Waals surface area contributed by atoms with Crippen molar-refractivity contribution >= 4 is 16.9 Å². The minimum atomic E-state index is -0.855. The number of benzene rings is 2. The molecule has 5 nitrogen and oxygen atoms in total. The van der Waals surface area contributed by atoms with Crippen LogP contribution in [0.25, 0.3) is 11.0 Å². The Morgan fingerprint density at radius 2 is 1.71 bits per heavy atom. The number of hydrogen-bond donors (Lipinski definition) is 2. The van der Waals surface area contributed by atoms with Crippen LogP contribution in [-0.4, -0.2) is 39.0 Å². The van der Waals surface area contributed by atoms with Crippen molar-refractivity contribution in [1.82, 2.24) is 14.9 Å². The third-order valence-electron chi connectivity index (χ3n) is 4.78. The molecule has 0 saturated carbocycles. The van der Waals surface area contributed by atoms with Crippen LogP contribution in [0.4, 0.5) is 0 Å². The number of aliphatic hydroxyl groups is 1. The maximum absolute atomic E-state index is 12.7. The lowest BCUT2D eigenvalue weighted by atomic mass is 9.84. The third kappa shape index (κ3) is 2.57. The average Bonchev–Trinajstić information content (AvgIpc) is 3.07. The molecule has 2 heterocycles. The molecule has 1 aromatic heterocycles. The Hall–Kier alpha value is -2.66. The number of hydrogen-bond acceptors (Lipinski definition) is 3. The topological polar surface area (TPSA) is 69.2 Å². The van der Waals surface area contributed by atoms with Gasteiger partial charge in [0.05, 0.1) is 16.6 Å². The summed E-state index contributed by atoms with van der Waals surface area (Å²) in [7, 11) is 0. The highest BCUT2D eigenvalue weighted by atomic mass is 16.3. The van der Waals surface area contributed by atoms with Gasteiger partial charge in [-0.05, 0) is 30.5 Å². The zero-order valence-electron chi connectivity index (χ0n) is 13.3. The monoisotopic (exact) mass is 321 g/mol. The minimum absolute atomic E-state index is 0.110. The Morgan fingerprint density at radius 3 is 2.42 bits per heavy atom. The maximum Gasteiger partial charge on any atom is 0.289 e. The molecule has 0 radical (unpaired) electrons. The van der Waals surface area contributed by atoms with Gasteiger partial charge in [0.1, 0.15) is 0 Å². The number of H-pyrrole nitrogens is 1. The van der Waals surface area contributed by atoms with Crippen molar-refractivity contribution in [3.8, 4) is 0 Å². The first-order valence-electron chi connectivity index (χ1n) is 8.18. The number of piperidine rings is 1. The third-order valence-corrected chi connectivity index (χ3v) is 4.78. The van der Waals surface area contributed by atoms with Gasteiger partial charge in [-0.25, -0.2) is 4.98 Å². The van der Waals surface area contributed by atoms with Crippen molar-refractivity contribution in [2.24, 2.45) is 0 Å². The van der Waals surface area contributed by atoms with Crippen molar-refractivity contribution in [2.45, 2.75) is 18.4 Å². The lowest BCUT2D eigenvalue weighted by Crippen LogP contribution is -2.45. The normalized spacial score (nSPS) is 17.1. The predicted octanol–water partition coefficient (Wildman–Crippen LogP) is 2.69. The van der Waals surface area contributed by atoms with E-state index in [4.69, 9.17) is 0 Å². The molecule has 0 unspecified atom stereocenters. The minimum Gasteiger partial charge on any atom is -0.385 e. The van der Waals surface area contributed by atoms with Crippen LogP contribution in [0.1, 0.15) is 29.0 Å². The molecule has 2 aromatic carbocycles. The van der Waals surface area contributed by atoms with Crippen LogP contribution >= 0.6 is 0 Å². The summed E-state index contributed by atoms with van der Waals surface area (Å²) < 4.78 is 0. The lowest BCUT2D eigenvalue weighted by molar-refractivity contribution is -0.0213. The summed E-state index contributed by atoms with van der Waals surface area (Å²) in [5.41, 5.74) is 1.71. The second kappa shape index (κ2) is 5.76. The lowest BCUT2D eigenvalue weighted by Gasteiger charge is -2.38. The second-order valence-electron chi connectivity index (χ2n) is 6.29. The van der Waals surface area contributed by atoms with E-state index in [1.54, 1.807) is 4.90 Å². The smallest absolute Gasteiger partial charge is 0.289 e. The molecule has 24 heavy (non-hydrogen) atoms. The van der Waals surface area contributed by atoms with Crippen LogP contribution in [0.3, 0.4) is 0 Å². The van der Waals surface area contributed by atoms with Crippen LogP contribution in [0.15, 0.2) is 54.6 Å². The number of fused-ring (bicyclic) bond motifs is 1. The molecule has 2 N–H and O–H groups in total. The van der Waals surface area contributed by atoms with Gasteiger partial charge in [-0.2, -0.15) is 0 Å². The second-order valence-corrected chi connectivity index (χ2v) is 6.29. The van der Waals surface area contributed by atoms with Crippen molar-refractivity contribution in [3.05, 3.63) is 66.0 Å². The van der Waals surface area contributed by atoms with Gasteiger partial charge in [-0.1, -0.05) is 42.5 Å². The number of imidazole rings is 1. The highest BCUT2D eigenvalue weighted by molar-refractivity contribution is 5.94. The Bertz CT molecular complexity index is 831. The number of carbonyl (C=O) groups excluding carboxylic acids is 1. The molecule has 1 saturated heterocycles. The van der Waals surface area contributed by atoms with E-state index in [9.17, 15) is 9.90 Å². The van der Waals surface area contributed by atoms with Gasteiger partial charge in [0.15, 0.2) is 5.82 Å². The van der Waals surface area contributed by atoms with Crippen molar-refractivity contribution in [1.29, 1.82) is 0 Å². The Balaban J connectivity index is 1.50. The van der Waals surface area contributed by atoms with Gasteiger partial charge in [-0.15, -0.1) is 0 Å². The number of aromatic nitrogens is 2. The number of aromatic amines is 1. The number of nitrogens with one attached hydrogen (secondary N) is 1. The highest BCUT2D eigenvalue weighted by Gasteiger charge is 2.36. The largest absolute Gasteiger partial charge is 0.385 e. The van der Waals surface area contributed by atoms with Crippen LogP contribution in [-0.2, 0) is 5.60 Å². The van der Waals surface area contributed by atoms with Gasteiger partial charge in [-0.3, -0.25) is 4.79 Å². The number of likely N-dealkylation sites (tertiary alicyclic amines) is 1. The first kappa shape index (κ1) is 14.9. The summed E-state index contributed by atoms with van der Waals surface area (Å²) in [5, 5.41) is 10.9. The molecular formula is C19H19N3O2. The Kier molecular flexibility index (Phi) is 3.58. The predicted molar refractivity (Wildman–Crippen MR) is 91.6 cm³/mol. The van der Waals surface area contributed by atoms with E-state index >= 15 is 0 Å². The molecule has 1 aliphatic heterocycles. The molecule has 4 rings (SSSR count). The van der Waals surface area contributed by atoms with Crippen molar-refractivity contribution in [3.63, 3.8) is 0 Å². The van der Waals surface area contributed by atoms with Crippen LogP contribution in [0.2, 0.25) is 0 Å². The fraction of sp³-hybridized carbons (Fsp3) is 0.263. The average molecular weight is 321 g/mol. The summed E-state index contributed by atoms with van der Waals surface area (Å²) in [4.78, 5) is 21.9. The van der Waals surface area contributed by atoms with E-state index in [1.807, 2.05) is 54.6 Å². The van der Waals surface area contributed by atoms with E-state index in [0.29, 0.717) is 31.8 Å². The SMILES string of the molecule is O=C(c1nc2ccccc2[nH]1)N1CCC(O)(c2ccccc2)CC1. The van der Waals surface area contributed by atoms with Gasteiger partial charge < -0.3 is 15.0 Å². The maximum atomic E-state index is 12.7. The van der Waals surface area contributed by atoms with E-state index in [1.165, 1.54) is 0 Å². The molecule has 1 fully saturated rings. The van der Waals surface area contributed by atoms with E-state index in [2.05, 4.69) is 9.97 Å². The Labute approximate surface area is 139 Å². The van der Waals surface area contributed by atoms with E-state index in [0.717, 1.165) is 16.6 Å². The molecule has 3 aromatic rings. The number of amides is 1. The van der Waals surface area contributed by atoms with E-state index in [-0.39, 0.29) is 5.91 Å². The number of rotatable bonds is 2. The molecule has 5 heteroatoms. The summed E-state index contributed by atoms with van der Waals surface area (Å²) in [6.45, 7) is 1.03. The van der Waals surface area contributed by atoms with Crippen LogP contribution in [0.5, 0.6) is 0 Å². The van der Waals surface area contributed by atoms with Crippen molar-refractivity contribution < 1.29 is 9.90 Å². The number of carbonyl (C=O) groups is 1. The summed E-state index contributed by atoms with van der Waals surface area (Å²) in [6, 6.07) is 17.3. The van der Waals surface area contributed by atoms with E-state index < -0.39 is 5.60 Å². The standard InChI is InChI=1S/C19H19N3O2/c23-18(17-20-15-8-4-5-9-16(15)21-17)22-12-10-19(24,11-13-22)14-6-2-1-3-7-14/h1-9,24H,10-13H2,(H,20,21). The zero-order chi connectivity index (χ0) is 16.6. The first-order valence-corrected chi connectivity index (χ1v) is 8.18. The summed E-state index contributed by atoms with van der Waals surface area (Å²) in [6.07, 6.45) is 1.06. The molecule has 0 spiro atoms. The quantitative estimate of drug-likeness (QED) is 0.762. The zero-order valence-corrected chi connectivity index (χ0v) is 13.3. The number of para-hydroxylation sites is 2. The molecule has 122 valence electrons. The number of nitrogens with zero attached hydrogens (tertiary/aromatic N) is 2. The molecular weight excluding hydrogens is 302 g/mol.